The van der Waals surface area contributed by atoms with Crippen molar-refractivity contribution < 1.29 is 18.7 Å². The van der Waals surface area contributed by atoms with Gasteiger partial charge in [-0.15, -0.1) is 6.58 Å². The molecular formula is C42H68O4Si. The lowest BCUT2D eigenvalue weighted by atomic mass is 9.58. The smallest absolute Gasteiger partial charge is 0.192 e. The van der Waals surface area contributed by atoms with Gasteiger partial charge in [-0.2, -0.15) is 0 Å². The quantitative estimate of drug-likeness (QED) is 0.0535. The van der Waals surface area contributed by atoms with Crippen LogP contribution in [0.2, 0.25) is 18.1 Å². The molecule has 0 saturated heterocycles. The van der Waals surface area contributed by atoms with Crippen molar-refractivity contribution in [2.24, 2.45) is 17.3 Å². The van der Waals surface area contributed by atoms with E-state index in [9.17, 15) is 4.79 Å². The highest BCUT2D eigenvalue weighted by Gasteiger charge is 2.47. The molecule has 0 N–H and O–H groups in total. The molecule has 1 saturated carbocycles. The molecule has 5 heteroatoms. The second kappa shape index (κ2) is 20.2. The van der Waals surface area contributed by atoms with Gasteiger partial charge in [0.05, 0.1) is 19.0 Å². The molecule has 1 aliphatic carbocycles. The van der Waals surface area contributed by atoms with Crippen LogP contribution < -0.4 is 4.74 Å². The van der Waals surface area contributed by atoms with Crippen molar-refractivity contribution in [2.75, 3.05) is 7.11 Å². The van der Waals surface area contributed by atoms with Gasteiger partial charge in [0.15, 0.2) is 8.32 Å². The van der Waals surface area contributed by atoms with Gasteiger partial charge in [0.25, 0.3) is 0 Å². The highest BCUT2D eigenvalue weighted by molar-refractivity contribution is 6.73. The fourth-order valence-corrected chi connectivity index (χ4v) is 10.5. The second-order valence-corrected chi connectivity index (χ2v) is 19.2. The van der Waals surface area contributed by atoms with Crippen LogP contribution in [0.15, 0.2) is 72.6 Å². The normalized spacial score (nSPS) is 22.7. The Hall–Kier alpha value is -2.37. The highest BCUT2D eigenvalue weighted by atomic mass is 28.4. The average Bonchev–Trinajstić information content (AvgIpc) is 3.07. The first-order valence-corrected chi connectivity index (χ1v) is 21.0. The number of hydrogen-bond donors (Lipinski definition) is 0. The third-order valence-electron chi connectivity index (χ3n) is 11.2. The zero-order valence-electron chi connectivity index (χ0n) is 31.6. The Morgan fingerprint density at radius 3 is 2.36 bits per heavy atom. The predicted molar refractivity (Wildman–Crippen MR) is 203 cm³/mol. The van der Waals surface area contributed by atoms with Gasteiger partial charge < -0.3 is 13.9 Å². The van der Waals surface area contributed by atoms with E-state index in [1.165, 1.54) is 11.1 Å². The molecular weight excluding hydrogens is 597 g/mol. The number of unbranched alkanes of at least 4 members (excludes halogenated alkanes) is 2. The van der Waals surface area contributed by atoms with Crippen molar-refractivity contribution in [3.63, 3.8) is 0 Å². The Kier molecular flexibility index (Phi) is 17.5. The number of carbonyl (C=O) groups is 1. The van der Waals surface area contributed by atoms with Crippen LogP contribution >= 0.6 is 0 Å². The van der Waals surface area contributed by atoms with Gasteiger partial charge in [-0.25, -0.2) is 0 Å². The number of rotatable bonds is 22. The fourth-order valence-electron chi connectivity index (χ4n) is 7.35. The number of Topliss-reactive ketones (excluding diaryl/α,β-unsaturated/α-hetero) is 1. The Labute approximate surface area is 290 Å². The Morgan fingerprint density at radius 1 is 1.09 bits per heavy atom. The summed E-state index contributed by atoms with van der Waals surface area (Å²) in [6.07, 6.45) is 20.1. The van der Waals surface area contributed by atoms with Gasteiger partial charge >= 0.3 is 0 Å². The molecule has 4 atom stereocenters. The van der Waals surface area contributed by atoms with Crippen molar-refractivity contribution in [1.29, 1.82) is 0 Å². The van der Waals surface area contributed by atoms with Crippen LogP contribution in [0.1, 0.15) is 125 Å². The maximum Gasteiger partial charge on any atom is 0.192 e. The molecule has 264 valence electrons. The summed E-state index contributed by atoms with van der Waals surface area (Å²) in [6, 6.07) is 11.3. The number of ketones is 1. The van der Waals surface area contributed by atoms with Crippen LogP contribution in [0, 0.1) is 17.3 Å². The predicted octanol–water partition coefficient (Wildman–Crippen LogP) is 12.3. The lowest BCUT2D eigenvalue weighted by molar-refractivity contribution is -0.127. The number of benzene rings is 1. The summed E-state index contributed by atoms with van der Waals surface area (Å²) in [4.78, 5) is 14.6. The third kappa shape index (κ3) is 12.2. The molecule has 2 rings (SSSR count). The molecule has 0 heterocycles. The molecule has 0 unspecified atom stereocenters. The standard InChI is InChI=1S/C42H68O4Si/c1-11-16-18-19-21-34(6)28-30-42(9)35(7)22-27-38(39(42)33-45-32-36-23-25-37(44-10)26-24-36)40(43)31-41(8,29-20-17-12-2)46-47(13-3,14-4)15-5/h11-12,17,21,23-26,33,35,38H,1,13-16,18-20,22,27-32H2,2-10H3/b17-12-,34-21+,39-33+/t35-,38-,41+,42+/m1/s1. The second-order valence-electron chi connectivity index (χ2n) is 14.5. The van der Waals surface area contributed by atoms with Crippen LogP contribution in [-0.2, 0) is 20.6 Å². The Balaban J connectivity index is 2.44. The maximum atomic E-state index is 14.6. The van der Waals surface area contributed by atoms with Gasteiger partial charge in [0, 0.05) is 12.3 Å². The molecule has 1 fully saturated rings. The van der Waals surface area contributed by atoms with Gasteiger partial charge in [0.2, 0.25) is 0 Å². The molecule has 1 aromatic carbocycles. The first-order valence-electron chi connectivity index (χ1n) is 18.5. The molecule has 0 aliphatic heterocycles. The summed E-state index contributed by atoms with van der Waals surface area (Å²) < 4.78 is 18.9. The molecule has 47 heavy (non-hydrogen) atoms. The summed E-state index contributed by atoms with van der Waals surface area (Å²) in [5.41, 5.74) is 3.09. The average molecular weight is 665 g/mol. The number of carbonyl (C=O) groups excluding carboxylic acids is 1. The van der Waals surface area contributed by atoms with Gasteiger partial charge in [0.1, 0.15) is 18.1 Å². The van der Waals surface area contributed by atoms with Crippen molar-refractivity contribution in [2.45, 2.75) is 150 Å². The minimum absolute atomic E-state index is 0.133. The zero-order chi connectivity index (χ0) is 34.9. The molecule has 0 bridgehead atoms. The van der Waals surface area contributed by atoms with E-state index in [2.05, 4.69) is 80.2 Å². The zero-order valence-corrected chi connectivity index (χ0v) is 32.6. The van der Waals surface area contributed by atoms with E-state index < -0.39 is 13.9 Å². The van der Waals surface area contributed by atoms with Crippen LogP contribution in [-0.4, -0.2) is 26.8 Å². The molecule has 1 aliphatic rings. The molecule has 4 nitrogen and oxygen atoms in total. The van der Waals surface area contributed by atoms with Crippen LogP contribution in [0.5, 0.6) is 5.75 Å². The van der Waals surface area contributed by atoms with E-state index in [0.29, 0.717) is 24.7 Å². The Morgan fingerprint density at radius 2 is 1.77 bits per heavy atom. The third-order valence-corrected chi connectivity index (χ3v) is 16.0. The van der Waals surface area contributed by atoms with Crippen molar-refractivity contribution in [1.82, 2.24) is 0 Å². The topological polar surface area (TPSA) is 44.8 Å². The van der Waals surface area contributed by atoms with Crippen LogP contribution in [0.25, 0.3) is 0 Å². The van der Waals surface area contributed by atoms with E-state index in [4.69, 9.17) is 13.9 Å². The summed E-state index contributed by atoms with van der Waals surface area (Å²) in [7, 11) is -0.247. The molecule has 0 aromatic heterocycles. The first-order chi connectivity index (χ1) is 22.4. The lowest BCUT2D eigenvalue weighted by Crippen LogP contribution is -2.48. The molecule has 0 radical (unpaired) electrons. The van der Waals surface area contributed by atoms with E-state index >= 15 is 0 Å². The van der Waals surface area contributed by atoms with E-state index in [-0.39, 0.29) is 11.3 Å². The summed E-state index contributed by atoms with van der Waals surface area (Å²) in [5, 5.41) is 0. The lowest BCUT2D eigenvalue weighted by Gasteiger charge is -2.47. The van der Waals surface area contributed by atoms with Gasteiger partial charge in [-0.05, 0) is 131 Å². The summed E-state index contributed by atoms with van der Waals surface area (Å²) in [5.74, 6) is 1.44. The largest absolute Gasteiger partial charge is 0.497 e. The van der Waals surface area contributed by atoms with Gasteiger partial charge in [-0.3, -0.25) is 4.79 Å². The summed E-state index contributed by atoms with van der Waals surface area (Å²) >= 11 is 0. The van der Waals surface area contributed by atoms with E-state index in [1.807, 2.05) is 36.6 Å². The van der Waals surface area contributed by atoms with E-state index in [1.54, 1.807) is 7.11 Å². The number of ether oxygens (including phenoxy) is 2. The van der Waals surface area contributed by atoms with Crippen molar-refractivity contribution >= 4 is 14.1 Å². The summed E-state index contributed by atoms with van der Waals surface area (Å²) in [6.45, 7) is 22.4. The SMILES string of the molecule is C=CCCC/C=C(\C)CC[C@]1(C)/C(=C/OCc2ccc(OC)cc2)[C@H](C(=O)C[C@](C)(CC/C=C\C)O[Si](CC)(CC)CC)CC[C@H]1C. The molecule has 0 spiro atoms. The highest BCUT2D eigenvalue weighted by Crippen LogP contribution is 2.52. The molecule has 0 amide bonds. The minimum atomic E-state index is -1.93. The van der Waals surface area contributed by atoms with Gasteiger partial charge in [-0.1, -0.05) is 76.6 Å². The number of methoxy groups -OCH3 is 1. The Bertz CT molecular complexity index is 1170. The van der Waals surface area contributed by atoms with Crippen molar-refractivity contribution in [3.8, 4) is 5.75 Å². The number of allylic oxidation sites excluding steroid dienone is 6. The minimum Gasteiger partial charge on any atom is -0.497 e. The maximum absolute atomic E-state index is 14.6. The van der Waals surface area contributed by atoms with Crippen molar-refractivity contribution in [3.05, 3.63) is 78.1 Å². The fraction of sp³-hybridized carbons (Fsp3) is 0.643. The van der Waals surface area contributed by atoms with Crippen LogP contribution in [0.4, 0.5) is 0 Å². The first kappa shape index (κ1) is 40.8. The van der Waals surface area contributed by atoms with Crippen LogP contribution in [0.3, 0.4) is 0 Å². The number of hydrogen-bond acceptors (Lipinski definition) is 4. The monoisotopic (exact) mass is 664 g/mol. The molecule has 1 aromatic rings. The van der Waals surface area contributed by atoms with E-state index in [0.717, 1.165) is 87.2 Å².